The highest BCUT2D eigenvalue weighted by Crippen LogP contribution is 2.21. The zero-order chi connectivity index (χ0) is 13.5. The van der Waals surface area contributed by atoms with Crippen molar-refractivity contribution in [3.63, 3.8) is 0 Å². The summed E-state index contributed by atoms with van der Waals surface area (Å²) >= 11 is 1.50. The molecule has 0 aliphatic carbocycles. The average Bonchev–Trinajstić information content (AvgIpc) is 2.83. The predicted molar refractivity (Wildman–Crippen MR) is 73.6 cm³/mol. The Hall–Kier alpha value is -1.77. The Balaban J connectivity index is 1.97. The summed E-state index contributed by atoms with van der Waals surface area (Å²) in [5.41, 5.74) is 2.10. The molecule has 0 saturated carbocycles. The lowest BCUT2D eigenvalue weighted by Gasteiger charge is -1.99. The Labute approximate surface area is 116 Å². The highest BCUT2D eigenvalue weighted by atomic mass is 32.2. The molecule has 2 rings (SSSR count). The molecule has 0 unspecified atom stereocenters. The van der Waals surface area contributed by atoms with Gasteiger partial charge in [0.2, 0.25) is 5.89 Å². The Morgan fingerprint density at radius 3 is 3.00 bits per heavy atom. The van der Waals surface area contributed by atoms with E-state index in [-0.39, 0.29) is 6.61 Å². The number of nitrogens with zero attached hydrogens (tertiary/aromatic N) is 2. The maximum absolute atomic E-state index is 8.68. The maximum Gasteiger partial charge on any atom is 0.276 e. The standard InChI is InChI=1S/C14H14N2O2S/c1-11-15-16-14(18-11)19-10-13-7-4-6-12(9-13)5-2-3-8-17/h4,6-7,9,17H,3,8,10H2,1H3. The van der Waals surface area contributed by atoms with Crippen LogP contribution in [0.3, 0.4) is 0 Å². The van der Waals surface area contributed by atoms with E-state index in [0.717, 1.165) is 16.9 Å². The number of aromatic nitrogens is 2. The van der Waals surface area contributed by atoms with Gasteiger partial charge in [-0.05, 0) is 17.7 Å². The predicted octanol–water partition coefficient (Wildman–Crippen LogP) is 2.40. The van der Waals surface area contributed by atoms with Gasteiger partial charge in [-0.1, -0.05) is 35.7 Å². The maximum atomic E-state index is 8.68. The molecule has 0 saturated heterocycles. The Bertz CT molecular complexity index is 599. The fourth-order valence-corrected chi connectivity index (χ4v) is 2.19. The molecule has 1 aromatic carbocycles. The molecule has 19 heavy (non-hydrogen) atoms. The molecule has 0 aliphatic heterocycles. The SMILES string of the molecule is Cc1nnc(SCc2cccc(C#CCCO)c2)o1. The van der Waals surface area contributed by atoms with Crippen molar-refractivity contribution >= 4 is 11.8 Å². The van der Waals surface area contributed by atoms with Gasteiger partial charge in [0.25, 0.3) is 5.22 Å². The van der Waals surface area contributed by atoms with E-state index in [1.807, 2.05) is 24.3 Å². The van der Waals surface area contributed by atoms with Gasteiger partial charge in [-0.15, -0.1) is 10.2 Å². The van der Waals surface area contributed by atoms with Crippen LogP contribution < -0.4 is 0 Å². The summed E-state index contributed by atoms with van der Waals surface area (Å²) in [6.45, 7) is 1.87. The number of hydrogen-bond donors (Lipinski definition) is 1. The molecule has 0 radical (unpaired) electrons. The number of aliphatic hydroxyl groups excluding tert-OH is 1. The van der Waals surface area contributed by atoms with Crippen LogP contribution in [-0.2, 0) is 5.75 Å². The molecule has 0 spiro atoms. The van der Waals surface area contributed by atoms with Crippen LogP contribution in [0.4, 0.5) is 0 Å². The Morgan fingerprint density at radius 2 is 2.26 bits per heavy atom. The van der Waals surface area contributed by atoms with Crippen LogP contribution in [0.25, 0.3) is 0 Å². The summed E-state index contributed by atoms with van der Waals surface area (Å²) in [6, 6.07) is 7.99. The molecule has 98 valence electrons. The van der Waals surface area contributed by atoms with Gasteiger partial charge in [0.1, 0.15) is 0 Å². The first-order valence-electron chi connectivity index (χ1n) is 5.89. The minimum Gasteiger partial charge on any atom is -0.416 e. The lowest BCUT2D eigenvalue weighted by Crippen LogP contribution is -1.83. The van der Waals surface area contributed by atoms with Crippen LogP contribution in [0, 0.1) is 18.8 Å². The molecule has 1 aromatic heterocycles. The van der Waals surface area contributed by atoms with Crippen LogP contribution in [0.15, 0.2) is 33.9 Å². The highest BCUT2D eigenvalue weighted by Gasteiger charge is 2.03. The van der Waals surface area contributed by atoms with Crippen molar-refractivity contribution in [1.82, 2.24) is 10.2 Å². The number of thioether (sulfide) groups is 1. The summed E-state index contributed by atoms with van der Waals surface area (Å²) in [7, 11) is 0. The number of rotatable bonds is 4. The highest BCUT2D eigenvalue weighted by molar-refractivity contribution is 7.98. The Kier molecular flexibility index (Phi) is 5.01. The van der Waals surface area contributed by atoms with Crippen molar-refractivity contribution in [2.45, 2.75) is 24.3 Å². The van der Waals surface area contributed by atoms with Gasteiger partial charge in [-0.2, -0.15) is 0 Å². The normalized spacial score (nSPS) is 10.0. The first-order chi connectivity index (χ1) is 9.28. The van der Waals surface area contributed by atoms with Crippen molar-refractivity contribution in [2.75, 3.05) is 6.61 Å². The number of aliphatic hydroxyl groups is 1. The molecule has 5 heteroatoms. The second kappa shape index (κ2) is 6.98. The second-order valence-electron chi connectivity index (χ2n) is 3.85. The summed E-state index contributed by atoms with van der Waals surface area (Å²) in [4.78, 5) is 0. The molecule has 1 heterocycles. The summed E-state index contributed by atoms with van der Waals surface area (Å²) in [5, 5.41) is 17.0. The lowest BCUT2D eigenvalue weighted by molar-refractivity contribution is 0.305. The zero-order valence-corrected chi connectivity index (χ0v) is 11.4. The van der Waals surface area contributed by atoms with Crippen molar-refractivity contribution < 1.29 is 9.52 Å². The van der Waals surface area contributed by atoms with E-state index in [1.165, 1.54) is 11.8 Å². The van der Waals surface area contributed by atoms with Crippen LogP contribution in [0.5, 0.6) is 0 Å². The van der Waals surface area contributed by atoms with Gasteiger partial charge in [0.15, 0.2) is 0 Å². The smallest absolute Gasteiger partial charge is 0.276 e. The molecule has 2 aromatic rings. The van der Waals surface area contributed by atoms with Crippen LogP contribution in [0.1, 0.15) is 23.4 Å². The molecule has 0 atom stereocenters. The summed E-state index contributed by atoms with van der Waals surface area (Å²) in [6.07, 6.45) is 0.500. The van der Waals surface area contributed by atoms with E-state index in [1.54, 1.807) is 6.92 Å². The monoisotopic (exact) mass is 274 g/mol. The van der Waals surface area contributed by atoms with Crippen molar-refractivity contribution in [2.24, 2.45) is 0 Å². The van der Waals surface area contributed by atoms with Crippen LogP contribution in [-0.4, -0.2) is 21.9 Å². The minimum atomic E-state index is 0.0963. The molecule has 4 nitrogen and oxygen atoms in total. The van der Waals surface area contributed by atoms with E-state index in [4.69, 9.17) is 9.52 Å². The molecular weight excluding hydrogens is 260 g/mol. The third-order valence-electron chi connectivity index (χ3n) is 2.27. The molecule has 0 bridgehead atoms. The van der Waals surface area contributed by atoms with Crippen molar-refractivity contribution in [3.8, 4) is 11.8 Å². The quantitative estimate of drug-likeness (QED) is 0.685. The molecule has 0 amide bonds. The largest absolute Gasteiger partial charge is 0.416 e. The van der Waals surface area contributed by atoms with Crippen LogP contribution >= 0.6 is 11.8 Å². The minimum absolute atomic E-state index is 0.0963. The molecule has 1 N–H and O–H groups in total. The number of benzene rings is 1. The average molecular weight is 274 g/mol. The third-order valence-corrected chi connectivity index (χ3v) is 3.16. The molecular formula is C14H14N2O2S. The number of hydrogen-bond acceptors (Lipinski definition) is 5. The van der Waals surface area contributed by atoms with Gasteiger partial charge in [0.05, 0.1) is 6.61 Å². The van der Waals surface area contributed by atoms with Gasteiger partial charge >= 0.3 is 0 Å². The van der Waals surface area contributed by atoms with E-state index in [0.29, 0.717) is 17.5 Å². The van der Waals surface area contributed by atoms with Gasteiger partial charge < -0.3 is 9.52 Å². The zero-order valence-electron chi connectivity index (χ0n) is 10.6. The summed E-state index contributed by atoms with van der Waals surface area (Å²) in [5.74, 6) is 7.26. The van der Waals surface area contributed by atoms with Crippen LogP contribution in [0.2, 0.25) is 0 Å². The third kappa shape index (κ3) is 4.43. The van der Waals surface area contributed by atoms with Gasteiger partial charge in [-0.25, -0.2) is 0 Å². The fourth-order valence-electron chi connectivity index (χ4n) is 1.44. The van der Waals surface area contributed by atoms with Crippen molar-refractivity contribution in [3.05, 3.63) is 41.3 Å². The van der Waals surface area contributed by atoms with Crippen molar-refractivity contribution in [1.29, 1.82) is 0 Å². The fraction of sp³-hybridized carbons (Fsp3) is 0.286. The second-order valence-corrected chi connectivity index (χ2v) is 4.78. The van der Waals surface area contributed by atoms with E-state index < -0.39 is 0 Å². The van der Waals surface area contributed by atoms with Gasteiger partial charge in [0, 0.05) is 24.7 Å². The molecule has 0 aliphatic rings. The topological polar surface area (TPSA) is 59.2 Å². The van der Waals surface area contributed by atoms with E-state index in [2.05, 4.69) is 22.0 Å². The molecule has 0 fully saturated rings. The van der Waals surface area contributed by atoms with E-state index in [9.17, 15) is 0 Å². The lowest BCUT2D eigenvalue weighted by atomic mass is 10.1. The first kappa shape index (κ1) is 13.7. The Morgan fingerprint density at radius 1 is 1.37 bits per heavy atom. The first-order valence-corrected chi connectivity index (χ1v) is 6.88. The number of aryl methyl sites for hydroxylation is 1. The van der Waals surface area contributed by atoms with E-state index >= 15 is 0 Å². The van der Waals surface area contributed by atoms with Gasteiger partial charge in [-0.3, -0.25) is 0 Å². The summed E-state index contributed by atoms with van der Waals surface area (Å²) < 4.78 is 5.30.